The zero-order chi connectivity index (χ0) is 10.5. The van der Waals surface area contributed by atoms with E-state index in [9.17, 15) is 0 Å². The molecule has 4 nitrogen and oxygen atoms in total. The lowest BCUT2D eigenvalue weighted by Crippen LogP contribution is -2.30. The summed E-state index contributed by atoms with van der Waals surface area (Å²) in [6, 6.07) is 0.585. The molecule has 1 aromatic heterocycles. The standard InChI is InChI=1S/C10H16N4S/c1-15-10-9(12-4-5-13-10)7-14-8-2-3-11-6-8/h4-5,8,11,14H,2-3,6-7H2,1H3. The van der Waals surface area contributed by atoms with Crippen molar-refractivity contribution in [2.24, 2.45) is 0 Å². The molecule has 0 spiro atoms. The molecule has 2 heterocycles. The Hall–Kier alpha value is -0.650. The second kappa shape index (κ2) is 5.44. The van der Waals surface area contributed by atoms with Crippen LogP contribution in [0.25, 0.3) is 0 Å². The molecular formula is C10H16N4S. The molecule has 0 amide bonds. The molecule has 0 aliphatic carbocycles. The predicted molar refractivity (Wildman–Crippen MR) is 61.9 cm³/mol. The van der Waals surface area contributed by atoms with Crippen molar-refractivity contribution in [3.8, 4) is 0 Å². The summed E-state index contributed by atoms with van der Waals surface area (Å²) in [6.07, 6.45) is 6.73. The van der Waals surface area contributed by atoms with E-state index >= 15 is 0 Å². The predicted octanol–water partition coefficient (Wildman–Crippen LogP) is 0.650. The summed E-state index contributed by atoms with van der Waals surface area (Å²) in [5.41, 5.74) is 1.05. The van der Waals surface area contributed by atoms with E-state index in [0.29, 0.717) is 6.04 Å². The van der Waals surface area contributed by atoms with Gasteiger partial charge in [-0.1, -0.05) is 0 Å². The topological polar surface area (TPSA) is 49.8 Å². The number of hydrogen-bond donors (Lipinski definition) is 2. The maximum atomic E-state index is 4.34. The molecule has 0 radical (unpaired) electrons. The highest BCUT2D eigenvalue weighted by molar-refractivity contribution is 7.98. The number of hydrogen-bond acceptors (Lipinski definition) is 5. The third-order valence-corrected chi connectivity index (χ3v) is 3.28. The molecule has 0 bridgehead atoms. The van der Waals surface area contributed by atoms with Crippen LogP contribution < -0.4 is 10.6 Å². The fourth-order valence-electron chi connectivity index (χ4n) is 1.72. The van der Waals surface area contributed by atoms with Gasteiger partial charge in [-0.3, -0.25) is 4.98 Å². The molecule has 0 aromatic carbocycles. The molecular weight excluding hydrogens is 208 g/mol. The van der Waals surface area contributed by atoms with Gasteiger partial charge in [0.05, 0.1) is 5.69 Å². The van der Waals surface area contributed by atoms with E-state index in [1.165, 1.54) is 6.42 Å². The van der Waals surface area contributed by atoms with E-state index in [-0.39, 0.29) is 0 Å². The van der Waals surface area contributed by atoms with Gasteiger partial charge >= 0.3 is 0 Å². The number of aromatic nitrogens is 2. The van der Waals surface area contributed by atoms with Crippen molar-refractivity contribution in [3.63, 3.8) is 0 Å². The Balaban J connectivity index is 1.91. The lowest BCUT2D eigenvalue weighted by molar-refractivity contribution is 0.535. The molecule has 82 valence electrons. The highest BCUT2D eigenvalue weighted by atomic mass is 32.2. The number of rotatable bonds is 4. The molecule has 1 atom stereocenters. The van der Waals surface area contributed by atoms with Gasteiger partial charge in [-0.05, 0) is 19.2 Å². The van der Waals surface area contributed by atoms with E-state index < -0.39 is 0 Å². The minimum absolute atomic E-state index is 0.585. The average molecular weight is 224 g/mol. The normalized spacial score (nSPS) is 20.7. The summed E-state index contributed by atoms with van der Waals surface area (Å²) in [7, 11) is 0. The summed E-state index contributed by atoms with van der Waals surface area (Å²) in [5, 5.41) is 7.85. The minimum Gasteiger partial charge on any atom is -0.315 e. The first-order valence-corrected chi connectivity index (χ1v) is 6.40. The smallest absolute Gasteiger partial charge is 0.119 e. The molecule has 1 aliphatic heterocycles. The Morgan fingerprint density at radius 2 is 2.40 bits per heavy atom. The van der Waals surface area contributed by atoms with Crippen molar-refractivity contribution in [3.05, 3.63) is 18.1 Å². The van der Waals surface area contributed by atoms with Crippen molar-refractivity contribution < 1.29 is 0 Å². The highest BCUT2D eigenvalue weighted by Crippen LogP contribution is 2.14. The zero-order valence-corrected chi connectivity index (χ0v) is 9.68. The van der Waals surface area contributed by atoms with Crippen LogP contribution in [0.2, 0.25) is 0 Å². The van der Waals surface area contributed by atoms with Gasteiger partial charge in [0, 0.05) is 31.5 Å². The maximum Gasteiger partial charge on any atom is 0.119 e. The van der Waals surface area contributed by atoms with E-state index in [1.807, 2.05) is 6.26 Å². The average Bonchev–Trinajstić information content (AvgIpc) is 2.79. The third-order valence-electron chi connectivity index (χ3n) is 2.55. The van der Waals surface area contributed by atoms with Crippen LogP contribution >= 0.6 is 11.8 Å². The molecule has 2 N–H and O–H groups in total. The van der Waals surface area contributed by atoms with Crippen LogP contribution in [-0.4, -0.2) is 35.4 Å². The van der Waals surface area contributed by atoms with Crippen LogP contribution in [0.3, 0.4) is 0 Å². The fraction of sp³-hybridized carbons (Fsp3) is 0.600. The van der Waals surface area contributed by atoms with Gasteiger partial charge in [0.15, 0.2) is 0 Å². The summed E-state index contributed by atoms with van der Waals surface area (Å²) < 4.78 is 0. The second-order valence-corrected chi connectivity index (χ2v) is 4.38. The number of nitrogens with zero attached hydrogens (tertiary/aromatic N) is 2. The van der Waals surface area contributed by atoms with E-state index in [2.05, 4.69) is 20.6 Å². The second-order valence-electron chi connectivity index (χ2n) is 3.58. The van der Waals surface area contributed by atoms with Gasteiger partial charge in [0.1, 0.15) is 5.03 Å². The Morgan fingerprint density at radius 1 is 1.53 bits per heavy atom. The molecule has 1 saturated heterocycles. The van der Waals surface area contributed by atoms with E-state index in [0.717, 1.165) is 30.4 Å². The van der Waals surface area contributed by atoms with Gasteiger partial charge in [-0.25, -0.2) is 4.98 Å². The van der Waals surface area contributed by atoms with Crippen LogP contribution in [-0.2, 0) is 6.54 Å². The van der Waals surface area contributed by atoms with Gasteiger partial charge in [0.2, 0.25) is 0 Å². The number of thioether (sulfide) groups is 1. The van der Waals surface area contributed by atoms with Crippen molar-refractivity contribution >= 4 is 11.8 Å². The minimum atomic E-state index is 0.585. The Kier molecular flexibility index (Phi) is 3.94. The van der Waals surface area contributed by atoms with Gasteiger partial charge in [0.25, 0.3) is 0 Å². The fourth-order valence-corrected chi connectivity index (χ4v) is 2.24. The first kappa shape index (κ1) is 10.9. The van der Waals surface area contributed by atoms with Crippen molar-refractivity contribution in [1.29, 1.82) is 0 Å². The molecule has 1 unspecified atom stereocenters. The maximum absolute atomic E-state index is 4.34. The van der Waals surface area contributed by atoms with Crippen LogP contribution in [0.15, 0.2) is 17.4 Å². The van der Waals surface area contributed by atoms with Gasteiger partial charge in [-0.15, -0.1) is 11.8 Å². The largest absolute Gasteiger partial charge is 0.315 e. The zero-order valence-electron chi connectivity index (χ0n) is 8.86. The van der Waals surface area contributed by atoms with Crippen molar-refractivity contribution in [2.45, 2.75) is 24.0 Å². The van der Waals surface area contributed by atoms with E-state index in [4.69, 9.17) is 0 Å². The molecule has 0 saturated carbocycles. The summed E-state index contributed by atoms with van der Waals surface area (Å²) in [4.78, 5) is 8.63. The lowest BCUT2D eigenvalue weighted by atomic mass is 10.2. The third kappa shape index (κ3) is 2.90. The Bertz CT molecular complexity index is 312. The van der Waals surface area contributed by atoms with Crippen LogP contribution in [0, 0.1) is 0 Å². The van der Waals surface area contributed by atoms with Crippen molar-refractivity contribution in [2.75, 3.05) is 19.3 Å². The van der Waals surface area contributed by atoms with Crippen molar-refractivity contribution in [1.82, 2.24) is 20.6 Å². The molecule has 2 rings (SSSR count). The highest BCUT2D eigenvalue weighted by Gasteiger charge is 2.14. The number of nitrogens with one attached hydrogen (secondary N) is 2. The Labute approximate surface area is 94.3 Å². The lowest BCUT2D eigenvalue weighted by Gasteiger charge is -2.11. The summed E-state index contributed by atoms with van der Waals surface area (Å²) >= 11 is 1.65. The molecule has 1 fully saturated rings. The van der Waals surface area contributed by atoms with Crippen LogP contribution in [0.1, 0.15) is 12.1 Å². The van der Waals surface area contributed by atoms with E-state index in [1.54, 1.807) is 24.2 Å². The quantitative estimate of drug-likeness (QED) is 0.735. The SMILES string of the molecule is CSc1nccnc1CNC1CCNC1. The molecule has 15 heavy (non-hydrogen) atoms. The molecule has 1 aliphatic rings. The molecule has 5 heteroatoms. The van der Waals surface area contributed by atoms with Gasteiger partial charge in [-0.2, -0.15) is 0 Å². The van der Waals surface area contributed by atoms with Gasteiger partial charge < -0.3 is 10.6 Å². The Morgan fingerprint density at radius 3 is 3.13 bits per heavy atom. The van der Waals surface area contributed by atoms with Crippen LogP contribution in [0.5, 0.6) is 0 Å². The monoisotopic (exact) mass is 224 g/mol. The summed E-state index contributed by atoms with van der Waals surface area (Å²) in [6.45, 7) is 3.00. The molecule has 1 aromatic rings. The first-order chi connectivity index (χ1) is 7.40. The first-order valence-electron chi connectivity index (χ1n) is 5.18. The summed E-state index contributed by atoms with van der Waals surface area (Å²) in [5.74, 6) is 0. The van der Waals surface area contributed by atoms with Crippen LogP contribution in [0.4, 0.5) is 0 Å².